The molecule has 0 unspecified atom stereocenters. The number of hydrogen-bond donors (Lipinski definition) is 0. The third-order valence-corrected chi connectivity index (χ3v) is 4.23. The zero-order valence-corrected chi connectivity index (χ0v) is 12.7. The van der Waals surface area contributed by atoms with Crippen LogP contribution in [0.2, 0.25) is 0 Å². The van der Waals surface area contributed by atoms with Crippen molar-refractivity contribution in [2.75, 3.05) is 6.61 Å². The lowest BCUT2D eigenvalue weighted by Gasteiger charge is -2.27. The average molecular weight is 276 g/mol. The molecule has 1 aliphatic rings. The van der Waals surface area contributed by atoms with Gasteiger partial charge in [-0.1, -0.05) is 25.1 Å². The average Bonchev–Trinajstić information content (AvgIpc) is 2.87. The Labute approximate surface area is 121 Å². The highest BCUT2D eigenvalue weighted by molar-refractivity contribution is 5.71. The monoisotopic (exact) mass is 276 g/mol. The minimum atomic E-state index is -0.253. The Morgan fingerprint density at radius 1 is 1.20 bits per heavy atom. The van der Waals surface area contributed by atoms with Crippen LogP contribution in [0.4, 0.5) is 0 Å². The van der Waals surface area contributed by atoms with Crippen LogP contribution in [-0.4, -0.2) is 18.2 Å². The zero-order chi connectivity index (χ0) is 14.6. The van der Waals surface area contributed by atoms with Crippen molar-refractivity contribution >= 4 is 5.97 Å². The van der Waals surface area contributed by atoms with Gasteiger partial charge in [-0.05, 0) is 57.1 Å². The molecule has 0 aliphatic heterocycles. The summed E-state index contributed by atoms with van der Waals surface area (Å²) in [4.78, 5) is 12.0. The molecule has 0 heterocycles. The predicted molar refractivity (Wildman–Crippen MR) is 79.0 cm³/mol. The number of carbonyl (C=O) groups excluding carboxylic acids is 1. The van der Waals surface area contributed by atoms with Gasteiger partial charge in [0.15, 0.2) is 6.61 Å². The number of ether oxygens (including phenoxy) is 2. The van der Waals surface area contributed by atoms with Crippen molar-refractivity contribution in [1.82, 2.24) is 0 Å². The molecule has 0 aromatic heterocycles. The molecule has 2 rings (SSSR count). The van der Waals surface area contributed by atoms with Gasteiger partial charge in [-0.3, -0.25) is 0 Å². The van der Waals surface area contributed by atoms with Gasteiger partial charge in [0.05, 0.1) is 0 Å². The van der Waals surface area contributed by atoms with E-state index in [-0.39, 0.29) is 18.2 Å². The van der Waals surface area contributed by atoms with Crippen LogP contribution in [0, 0.1) is 13.8 Å². The molecule has 1 saturated carbocycles. The normalized spacial score (nSPS) is 16.9. The molecule has 1 aromatic rings. The summed E-state index contributed by atoms with van der Waals surface area (Å²) in [6.45, 7) is 6.05. The third kappa shape index (κ3) is 3.33. The molecule has 1 aromatic carbocycles. The van der Waals surface area contributed by atoms with Crippen LogP contribution in [0.3, 0.4) is 0 Å². The van der Waals surface area contributed by atoms with Crippen LogP contribution in [0.25, 0.3) is 0 Å². The molecular formula is C17H24O3. The van der Waals surface area contributed by atoms with E-state index in [2.05, 4.69) is 6.92 Å². The summed E-state index contributed by atoms with van der Waals surface area (Å²) in [6.07, 6.45) is 5.16. The van der Waals surface area contributed by atoms with Crippen molar-refractivity contribution in [3.63, 3.8) is 0 Å². The first-order valence-corrected chi connectivity index (χ1v) is 7.47. The van der Waals surface area contributed by atoms with Crippen LogP contribution < -0.4 is 4.74 Å². The molecule has 1 aliphatic carbocycles. The highest BCUT2D eigenvalue weighted by Gasteiger charge is 2.35. The topological polar surface area (TPSA) is 35.5 Å². The standard InChI is InChI=1S/C17H24O3/c1-4-17(10-5-6-11-17)20-15(18)12-19-16-13(2)8-7-9-14(16)3/h7-9H,4-6,10-12H2,1-3H3. The molecule has 0 radical (unpaired) electrons. The van der Waals surface area contributed by atoms with Crippen molar-refractivity contribution in [2.45, 2.75) is 58.5 Å². The maximum atomic E-state index is 12.0. The predicted octanol–water partition coefficient (Wildman–Crippen LogP) is 3.95. The minimum absolute atomic E-state index is 0.00650. The largest absolute Gasteiger partial charge is 0.481 e. The van der Waals surface area contributed by atoms with Gasteiger partial charge >= 0.3 is 5.97 Å². The van der Waals surface area contributed by atoms with Gasteiger partial charge in [-0.15, -0.1) is 0 Å². The maximum absolute atomic E-state index is 12.0. The summed E-state index contributed by atoms with van der Waals surface area (Å²) >= 11 is 0. The van der Waals surface area contributed by atoms with Crippen molar-refractivity contribution in [3.8, 4) is 5.75 Å². The van der Waals surface area contributed by atoms with E-state index in [0.29, 0.717) is 0 Å². The number of carbonyl (C=O) groups is 1. The first kappa shape index (κ1) is 14.9. The van der Waals surface area contributed by atoms with Crippen molar-refractivity contribution in [3.05, 3.63) is 29.3 Å². The van der Waals surface area contributed by atoms with E-state index in [0.717, 1.165) is 49.0 Å². The summed E-state index contributed by atoms with van der Waals surface area (Å²) in [7, 11) is 0. The summed E-state index contributed by atoms with van der Waals surface area (Å²) in [6, 6.07) is 5.96. The molecule has 0 spiro atoms. The number of rotatable bonds is 5. The van der Waals surface area contributed by atoms with Gasteiger partial charge in [0.25, 0.3) is 0 Å². The molecule has 3 nitrogen and oxygen atoms in total. The molecule has 0 N–H and O–H groups in total. The number of hydrogen-bond acceptors (Lipinski definition) is 3. The lowest BCUT2D eigenvalue weighted by Crippen LogP contribution is -2.33. The number of aryl methyl sites for hydroxylation is 2. The number of esters is 1. The van der Waals surface area contributed by atoms with Crippen molar-refractivity contribution in [1.29, 1.82) is 0 Å². The molecule has 0 atom stereocenters. The van der Waals surface area contributed by atoms with Crippen molar-refractivity contribution < 1.29 is 14.3 Å². The molecular weight excluding hydrogens is 252 g/mol. The van der Waals surface area contributed by atoms with Gasteiger partial charge in [0, 0.05) is 0 Å². The molecule has 110 valence electrons. The Balaban J connectivity index is 1.92. The number of benzene rings is 1. The molecule has 3 heteroatoms. The first-order chi connectivity index (χ1) is 9.56. The molecule has 0 bridgehead atoms. The van der Waals surface area contributed by atoms with E-state index in [9.17, 15) is 4.79 Å². The number of para-hydroxylation sites is 1. The Kier molecular flexibility index (Phi) is 4.69. The van der Waals surface area contributed by atoms with E-state index < -0.39 is 0 Å². The van der Waals surface area contributed by atoms with Crippen molar-refractivity contribution in [2.24, 2.45) is 0 Å². The Bertz CT molecular complexity index is 453. The second kappa shape index (κ2) is 6.29. The summed E-state index contributed by atoms with van der Waals surface area (Å²) < 4.78 is 11.3. The van der Waals surface area contributed by atoms with E-state index in [1.807, 2.05) is 32.0 Å². The summed E-state index contributed by atoms with van der Waals surface area (Å²) in [5.41, 5.74) is 1.86. The fourth-order valence-corrected chi connectivity index (χ4v) is 2.98. The summed E-state index contributed by atoms with van der Waals surface area (Å²) in [5, 5.41) is 0. The maximum Gasteiger partial charge on any atom is 0.344 e. The highest BCUT2D eigenvalue weighted by Crippen LogP contribution is 2.36. The SMILES string of the molecule is CCC1(OC(=O)COc2c(C)cccc2C)CCCC1. The van der Waals surface area contributed by atoms with E-state index in [1.54, 1.807) is 0 Å². The third-order valence-electron chi connectivity index (χ3n) is 4.23. The van der Waals surface area contributed by atoms with Gasteiger partial charge in [0.2, 0.25) is 0 Å². The van der Waals surface area contributed by atoms with E-state index >= 15 is 0 Å². The van der Waals surface area contributed by atoms with E-state index in [1.165, 1.54) is 0 Å². The van der Waals surface area contributed by atoms with Crippen LogP contribution in [0.15, 0.2) is 18.2 Å². The Morgan fingerprint density at radius 2 is 1.80 bits per heavy atom. The first-order valence-electron chi connectivity index (χ1n) is 7.47. The van der Waals surface area contributed by atoms with Gasteiger partial charge in [0.1, 0.15) is 11.4 Å². The fraction of sp³-hybridized carbons (Fsp3) is 0.588. The molecule has 1 fully saturated rings. The van der Waals surface area contributed by atoms with Crippen LogP contribution in [0.1, 0.15) is 50.2 Å². The van der Waals surface area contributed by atoms with E-state index in [4.69, 9.17) is 9.47 Å². The highest BCUT2D eigenvalue weighted by atomic mass is 16.6. The molecule has 0 amide bonds. The van der Waals surface area contributed by atoms with Gasteiger partial charge in [-0.2, -0.15) is 0 Å². The Morgan fingerprint density at radius 3 is 2.35 bits per heavy atom. The Hall–Kier alpha value is -1.51. The lowest BCUT2D eigenvalue weighted by atomic mass is 9.99. The van der Waals surface area contributed by atoms with Crippen LogP contribution in [-0.2, 0) is 9.53 Å². The van der Waals surface area contributed by atoms with Gasteiger partial charge < -0.3 is 9.47 Å². The smallest absolute Gasteiger partial charge is 0.344 e. The fourth-order valence-electron chi connectivity index (χ4n) is 2.98. The summed E-state index contributed by atoms with van der Waals surface area (Å²) in [5.74, 6) is 0.540. The zero-order valence-electron chi connectivity index (χ0n) is 12.7. The molecule has 20 heavy (non-hydrogen) atoms. The second-order valence-corrected chi connectivity index (χ2v) is 5.73. The molecule has 0 saturated heterocycles. The van der Waals surface area contributed by atoms with Crippen LogP contribution >= 0.6 is 0 Å². The lowest BCUT2D eigenvalue weighted by molar-refractivity contribution is -0.162. The van der Waals surface area contributed by atoms with Crippen LogP contribution in [0.5, 0.6) is 5.75 Å². The minimum Gasteiger partial charge on any atom is -0.481 e. The van der Waals surface area contributed by atoms with Gasteiger partial charge in [-0.25, -0.2) is 4.79 Å². The second-order valence-electron chi connectivity index (χ2n) is 5.73. The quantitative estimate of drug-likeness (QED) is 0.764.